The molecule has 0 spiro atoms. The summed E-state index contributed by atoms with van der Waals surface area (Å²) in [7, 11) is 1.82. The number of aromatic nitrogens is 2. The first-order valence-corrected chi connectivity index (χ1v) is 3.58. The van der Waals surface area contributed by atoms with Gasteiger partial charge in [-0.15, -0.1) is 0 Å². The Hall–Kier alpha value is -0.820. The van der Waals surface area contributed by atoms with Gasteiger partial charge < -0.3 is 0 Å². The molecular weight excluding hydrogens is 194 g/mol. The molecule has 0 aliphatic rings. The van der Waals surface area contributed by atoms with Gasteiger partial charge in [-0.25, -0.2) is 0 Å². The number of aryl methyl sites for hydroxylation is 1. The summed E-state index contributed by atoms with van der Waals surface area (Å²) >= 11 is 3.28. The van der Waals surface area contributed by atoms with Crippen LogP contribution in [-0.4, -0.2) is 9.78 Å². The van der Waals surface area contributed by atoms with Crippen molar-refractivity contribution in [3.05, 3.63) is 16.4 Å². The van der Waals surface area contributed by atoms with Crippen LogP contribution in [0.5, 0.6) is 0 Å². The van der Waals surface area contributed by atoms with Crippen LogP contribution in [0.2, 0.25) is 0 Å². The largest absolute Gasteiger partial charge is 0.270 e. The number of nitriles is 1. The molecule has 0 atom stereocenters. The standard InChI is InChI=1S/C6H6BrN3/c1-10-6(2-3-8)5(7)4-9-10/h4H,2H2,1H3. The van der Waals surface area contributed by atoms with E-state index in [1.165, 1.54) is 0 Å². The zero-order valence-corrected chi connectivity index (χ0v) is 7.09. The van der Waals surface area contributed by atoms with E-state index in [0.29, 0.717) is 6.42 Å². The molecule has 0 bridgehead atoms. The molecule has 4 heteroatoms. The average Bonchev–Trinajstić information content (AvgIpc) is 2.20. The predicted molar refractivity (Wildman–Crippen MR) is 40.2 cm³/mol. The number of rotatable bonds is 1. The maximum Gasteiger partial charge on any atom is 0.0782 e. The van der Waals surface area contributed by atoms with E-state index in [9.17, 15) is 0 Å². The van der Waals surface area contributed by atoms with Crippen molar-refractivity contribution in [2.75, 3.05) is 0 Å². The maximum atomic E-state index is 8.38. The highest BCUT2D eigenvalue weighted by molar-refractivity contribution is 9.10. The fourth-order valence-corrected chi connectivity index (χ4v) is 1.20. The Morgan fingerprint density at radius 3 is 3.00 bits per heavy atom. The molecule has 0 saturated carbocycles. The molecule has 0 aliphatic heterocycles. The van der Waals surface area contributed by atoms with Crippen LogP contribution in [0.1, 0.15) is 5.69 Å². The van der Waals surface area contributed by atoms with Crippen molar-refractivity contribution in [2.24, 2.45) is 7.05 Å². The molecule has 1 rings (SSSR count). The van der Waals surface area contributed by atoms with Gasteiger partial charge in [0.15, 0.2) is 0 Å². The Labute approximate surface area is 67.4 Å². The van der Waals surface area contributed by atoms with Crippen LogP contribution in [0.25, 0.3) is 0 Å². The lowest BCUT2D eigenvalue weighted by atomic mass is 10.3. The van der Waals surface area contributed by atoms with E-state index in [4.69, 9.17) is 5.26 Å². The van der Waals surface area contributed by atoms with Crippen molar-refractivity contribution in [1.29, 1.82) is 5.26 Å². The van der Waals surface area contributed by atoms with E-state index in [0.717, 1.165) is 10.2 Å². The molecule has 0 N–H and O–H groups in total. The topological polar surface area (TPSA) is 41.6 Å². The summed E-state index contributed by atoms with van der Waals surface area (Å²) < 4.78 is 2.59. The molecule has 0 fully saturated rings. The summed E-state index contributed by atoms with van der Waals surface area (Å²) in [5.74, 6) is 0. The summed E-state index contributed by atoms with van der Waals surface area (Å²) in [5.41, 5.74) is 0.919. The minimum absolute atomic E-state index is 0.400. The monoisotopic (exact) mass is 199 g/mol. The van der Waals surface area contributed by atoms with Crippen LogP contribution in [0.3, 0.4) is 0 Å². The highest BCUT2D eigenvalue weighted by atomic mass is 79.9. The second-order valence-corrected chi connectivity index (χ2v) is 2.75. The number of hydrogen-bond acceptors (Lipinski definition) is 2. The molecule has 10 heavy (non-hydrogen) atoms. The van der Waals surface area contributed by atoms with Crippen LogP contribution >= 0.6 is 15.9 Å². The molecule has 52 valence electrons. The van der Waals surface area contributed by atoms with E-state index in [2.05, 4.69) is 27.1 Å². The predicted octanol–water partition coefficient (Wildman–Crippen LogP) is 1.25. The molecule has 0 aliphatic carbocycles. The molecule has 0 saturated heterocycles. The van der Waals surface area contributed by atoms with Crippen LogP contribution in [-0.2, 0) is 13.5 Å². The molecule has 0 amide bonds. The van der Waals surface area contributed by atoms with Gasteiger partial charge in [0, 0.05) is 7.05 Å². The van der Waals surface area contributed by atoms with Crippen molar-refractivity contribution in [1.82, 2.24) is 9.78 Å². The molecule has 0 radical (unpaired) electrons. The summed E-state index contributed by atoms with van der Waals surface area (Å²) in [4.78, 5) is 0. The van der Waals surface area contributed by atoms with Gasteiger partial charge in [-0.2, -0.15) is 10.4 Å². The minimum Gasteiger partial charge on any atom is -0.270 e. The summed E-state index contributed by atoms with van der Waals surface area (Å²) in [6.07, 6.45) is 2.09. The average molecular weight is 200 g/mol. The van der Waals surface area contributed by atoms with Gasteiger partial charge in [-0.3, -0.25) is 4.68 Å². The maximum absolute atomic E-state index is 8.38. The summed E-state index contributed by atoms with van der Waals surface area (Å²) in [6, 6.07) is 2.06. The Balaban J connectivity index is 3.01. The molecule has 0 unspecified atom stereocenters. The van der Waals surface area contributed by atoms with Gasteiger partial charge in [0.1, 0.15) is 0 Å². The molecule has 1 aromatic heterocycles. The minimum atomic E-state index is 0.400. The van der Waals surface area contributed by atoms with E-state index in [-0.39, 0.29) is 0 Å². The normalized spacial score (nSPS) is 9.30. The molecule has 1 heterocycles. The van der Waals surface area contributed by atoms with Gasteiger partial charge in [0.25, 0.3) is 0 Å². The second kappa shape index (κ2) is 2.84. The highest BCUT2D eigenvalue weighted by Crippen LogP contribution is 2.14. The Morgan fingerprint density at radius 1 is 1.90 bits per heavy atom. The zero-order chi connectivity index (χ0) is 7.56. The second-order valence-electron chi connectivity index (χ2n) is 1.90. The van der Waals surface area contributed by atoms with Crippen molar-refractivity contribution in [3.8, 4) is 6.07 Å². The Kier molecular flexibility index (Phi) is 2.07. The van der Waals surface area contributed by atoms with Gasteiger partial charge >= 0.3 is 0 Å². The Bertz CT molecular complexity index is 252. The van der Waals surface area contributed by atoms with Crippen molar-refractivity contribution in [2.45, 2.75) is 6.42 Å². The van der Waals surface area contributed by atoms with E-state index in [1.54, 1.807) is 10.9 Å². The van der Waals surface area contributed by atoms with Crippen LogP contribution in [0.4, 0.5) is 0 Å². The van der Waals surface area contributed by atoms with Gasteiger partial charge in [0.05, 0.1) is 28.9 Å². The van der Waals surface area contributed by atoms with E-state index in [1.807, 2.05) is 7.05 Å². The zero-order valence-electron chi connectivity index (χ0n) is 5.50. The van der Waals surface area contributed by atoms with Gasteiger partial charge in [-0.1, -0.05) is 0 Å². The van der Waals surface area contributed by atoms with Crippen molar-refractivity contribution < 1.29 is 0 Å². The molecular formula is C6H6BrN3. The summed E-state index contributed by atoms with van der Waals surface area (Å²) in [5, 5.41) is 12.3. The SMILES string of the molecule is Cn1ncc(Br)c1CC#N. The lowest BCUT2D eigenvalue weighted by molar-refractivity contribution is 0.728. The first-order valence-electron chi connectivity index (χ1n) is 2.79. The van der Waals surface area contributed by atoms with E-state index < -0.39 is 0 Å². The third-order valence-corrected chi connectivity index (χ3v) is 1.92. The van der Waals surface area contributed by atoms with Crippen LogP contribution in [0.15, 0.2) is 10.7 Å². The third kappa shape index (κ3) is 1.19. The first-order chi connectivity index (χ1) is 4.75. The molecule has 3 nitrogen and oxygen atoms in total. The van der Waals surface area contributed by atoms with Gasteiger partial charge in [-0.05, 0) is 15.9 Å². The van der Waals surface area contributed by atoms with Crippen LogP contribution in [0, 0.1) is 11.3 Å². The number of nitrogens with zero attached hydrogens (tertiary/aromatic N) is 3. The van der Waals surface area contributed by atoms with Gasteiger partial charge in [0.2, 0.25) is 0 Å². The quantitative estimate of drug-likeness (QED) is 0.684. The fourth-order valence-electron chi connectivity index (χ4n) is 0.710. The first kappa shape index (κ1) is 7.29. The number of halogens is 1. The Morgan fingerprint density at radius 2 is 2.60 bits per heavy atom. The lowest BCUT2D eigenvalue weighted by Crippen LogP contribution is -1.96. The lowest BCUT2D eigenvalue weighted by Gasteiger charge is -1.93. The fraction of sp³-hybridized carbons (Fsp3) is 0.333. The third-order valence-electron chi connectivity index (χ3n) is 1.26. The van der Waals surface area contributed by atoms with E-state index >= 15 is 0 Å². The number of hydrogen-bond donors (Lipinski definition) is 0. The highest BCUT2D eigenvalue weighted by Gasteiger charge is 2.03. The van der Waals surface area contributed by atoms with Crippen LogP contribution < -0.4 is 0 Å². The summed E-state index contributed by atoms with van der Waals surface area (Å²) in [6.45, 7) is 0. The van der Waals surface area contributed by atoms with Crippen molar-refractivity contribution in [3.63, 3.8) is 0 Å². The smallest absolute Gasteiger partial charge is 0.0782 e. The molecule has 0 aromatic carbocycles. The van der Waals surface area contributed by atoms with Crippen molar-refractivity contribution >= 4 is 15.9 Å². The molecule has 1 aromatic rings.